The summed E-state index contributed by atoms with van der Waals surface area (Å²) in [5.74, 6) is -0.952. The van der Waals surface area contributed by atoms with Gasteiger partial charge in [-0.1, -0.05) is 25.0 Å². The molecule has 2 aromatic rings. The summed E-state index contributed by atoms with van der Waals surface area (Å²) in [5, 5.41) is 9.42. The molecular formula is C26H32N4O5. The molecule has 3 amide bonds. The number of rotatable bonds is 10. The first kappa shape index (κ1) is 23.4. The maximum Gasteiger partial charge on any atom is 0.328 e. The molecule has 2 aliphatic carbocycles. The number of hydrogen-bond donors (Lipinski definition) is 4. The lowest BCUT2D eigenvalue weighted by Gasteiger charge is -2.23. The molecule has 1 aromatic heterocycles. The Morgan fingerprint density at radius 2 is 1.86 bits per heavy atom. The van der Waals surface area contributed by atoms with Crippen LogP contribution in [0.4, 0.5) is 0 Å². The molecule has 9 nitrogen and oxygen atoms in total. The number of aromatic nitrogens is 1. The second-order valence-electron chi connectivity index (χ2n) is 10.1. The monoisotopic (exact) mass is 480 g/mol. The van der Waals surface area contributed by atoms with Gasteiger partial charge in [0.1, 0.15) is 17.8 Å². The van der Waals surface area contributed by atoms with Gasteiger partial charge in [0.2, 0.25) is 11.8 Å². The average Bonchev–Trinajstić information content (AvgIpc) is 3.78. The molecular weight excluding hydrogens is 448 g/mol. The third-order valence-corrected chi connectivity index (χ3v) is 7.33. The third-order valence-electron chi connectivity index (χ3n) is 7.33. The molecule has 0 bridgehead atoms. The number of nitrogens with one attached hydrogen (secondary N) is 4. The van der Waals surface area contributed by atoms with Gasteiger partial charge in [-0.15, -0.1) is 0 Å². The maximum atomic E-state index is 13.2. The minimum absolute atomic E-state index is 0.125. The van der Waals surface area contributed by atoms with Crippen molar-refractivity contribution < 1.29 is 23.9 Å². The number of benzene rings is 1. The van der Waals surface area contributed by atoms with Crippen LogP contribution in [-0.2, 0) is 19.1 Å². The van der Waals surface area contributed by atoms with Gasteiger partial charge in [0.25, 0.3) is 5.91 Å². The van der Waals surface area contributed by atoms with Gasteiger partial charge in [-0.25, -0.2) is 4.79 Å². The smallest absolute Gasteiger partial charge is 0.328 e. The van der Waals surface area contributed by atoms with Crippen LogP contribution in [0.25, 0.3) is 10.9 Å². The predicted octanol–water partition coefficient (Wildman–Crippen LogP) is 2.13. The van der Waals surface area contributed by atoms with E-state index in [9.17, 15) is 19.2 Å². The van der Waals surface area contributed by atoms with Crippen molar-refractivity contribution >= 4 is 34.6 Å². The van der Waals surface area contributed by atoms with Gasteiger partial charge >= 0.3 is 5.97 Å². The SMILES string of the molecule is COC(=O)C(C[C@@H]1CCNC1=O)NC(=O)C(CC1CC1)NC(=O)c1cc2c(C3CC3)cccc2[nH]1. The summed E-state index contributed by atoms with van der Waals surface area (Å²) < 4.78 is 4.87. The summed E-state index contributed by atoms with van der Waals surface area (Å²) >= 11 is 0. The number of esters is 1. The van der Waals surface area contributed by atoms with E-state index in [1.807, 2.05) is 18.2 Å². The Balaban J connectivity index is 1.30. The number of carbonyl (C=O) groups excluding carboxylic acids is 4. The van der Waals surface area contributed by atoms with Gasteiger partial charge in [-0.3, -0.25) is 14.4 Å². The molecule has 1 aliphatic heterocycles. The van der Waals surface area contributed by atoms with E-state index in [0.29, 0.717) is 36.9 Å². The molecule has 1 saturated heterocycles. The Labute approximate surface area is 203 Å². The molecule has 0 spiro atoms. The van der Waals surface area contributed by atoms with Crippen LogP contribution in [0, 0.1) is 11.8 Å². The number of aromatic amines is 1. The van der Waals surface area contributed by atoms with Crippen LogP contribution >= 0.6 is 0 Å². The first-order chi connectivity index (χ1) is 16.9. The van der Waals surface area contributed by atoms with Crippen molar-refractivity contribution in [3.63, 3.8) is 0 Å². The van der Waals surface area contributed by atoms with Crippen LogP contribution in [-0.4, -0.2) is 54.4 Å². The van der Waals surface area contributed by atoms with Gasteiger partial charge in [-0.05, 0) is 61.6 Å². The highest BCUT2D eigenvalue weighted by atomic mass is 16.5. The number of hydrogen-bond acceptors (Lipinski definition) is 5. The van der Waals surface area contributed by atoms with Crippen molar-refractivity contribution in [1.82, 2.24) is 20.9 Å². The molecule has 9 heteroatoms. The van der Waals surface area contributed by atoms with Crippen LogP contribution < -0.4 is 16.0 Å². The first-order valence-electron chi connectivity index (χ1n) is 12.5. The summed E-state index contributed by atoms with van der Waals surface area (Å²) in [6.07, 6.45) is 5.63. The highest BCUT2D eigenvalue weighted by Crippen LogP contribution is 2.43. The summed E-state index contributed by atoms with van der Waals surface area (Å²) in [4.78, 5) is 54.0. The van der Waals surface area contributed by atoms with E-state index < -0.39 is 24.0 Å². The number of H-pyrrole nitrogens is 1. The van der Waals surface area contributed by atoms with Crippen molar-refractivity contribution in [3.8, 4) is 0 Å². The minimum atomic E-state index is -0.950. The lowest BCUT2D eigenvalue weighted by Crippen LogP contribution is -2.52. The Hall–Kier alpha value is -3.36. The average molecular weight is 481 g/mol. The molecule has 35 heavy (non-hydrogen) atoms. The third kappa shape index (κ3) is 5.33. The fourth-order valence-corrected chi connectivity index (χ4v) is 4.99. The number of amides is 3. The van der Waals surface area contributed by atoms with E-state index in [1.54, 1.807) is 0 Å². The summed E-state index contributed by atoms with van der Waals surface area (Å²) in [6.45, 7) is 0.554. The van der Waals surface area contributed by atoms with Crippen LogP contribution in [0.5, 0.6) is 0 Å². The zero-order valence-corrected chi connectivity index (χ0v) is 19.9. The molecule has 2 heterocycles. The highest BCUT2D eigenvalue weighted by Gasteiger charge is 2.36. The molecule has 1 aromatic carbocycles. The number of methoxy groups -OCH3 is 1. The summed E-state index contributed by atoms with van der Waals surface area (Å²) in [6, 6.07) is 6.18. The van der Waals surface area contributed by atoms with Crippen LogP contribution in [0.15, 0.2) is 24.3 Å². The second kappa shape index (κ2) is 9.71. The van der Waals surface area contributed by atoms with E-state index in [0.717, 1.165) is 23.7 Å². The zero-order valence-electron chi connectivity index (χ0n) is 19.9. The maximum absolute atomic E-state index is 13.2. The van der Waals surface area contributed by atoms with E-state index >= 15 is 0 Å². The quantitative estimate of drug-likeness (QED) is 0.387. The Kier molecular flexibility index (Phi) is 6.49. The van der Waals surface area contributed by atoms with Gasteiger partial charge in [0, 0.05) is 23.4 Å². The summed E-state index contributed by atoms with van der Waals surface area (Å²) in [5.41, 5.74) is 2.57. The number of carbonyl (C=O) groups is 4. The van der Waals surface area contributed by atoms with E-state index in [1.165, 1.54) is 25.5 Å². The molecule has 2 saturated carbocycles. The predicted molar refractivity (Wildman–Crippen MR) is 129 cm³/mol. The standard InChI is InChI=1S/C26H32N4O5/c1-35-26(34)22(12-16-9-10-27-23(16)31)30-24(32)20(11-14-5-6-14)29-25(33)21-13-18-17(15-7-8-15)3-2-4-19(18)28-21/h2-4,13-16,20,22,28H,5-12H2,1H3,(H,27,31)(H,29,33)(H,30,32)/t16-,20?,22?/m0/s1. The summed E-state index contributed by atoms with van der Waals surface area (Å²) in [7, 11) is 1.26. The van der Waals surface area contributed by atoms with E-state index in [2.05, 4.69) is 27.0 Å². The van der Waals surface area contributed by atoms with Crippen molar-refractivity contribution in [2.24, 2.45) is 11.8 Å². The largest absolute Gasteiger partial charge is 0.467 e. The zero-order chi connectivity index (χ0) is 24.5. The molecule has 5 rings (SSSR count). The topological polar surface area (TPSA) is 129 Å². The van der Waals surface area contributed by atoms with Crippen LogP contribution in [0.2, 0.25) is 0 Å². The van der Waals surface area contributed by atoms with Gasteiger partial charge in [0.05, 0.1) is 7.11 Å². The van der Waals surface area contributed by atoms with Crippen molar-refractivity contribution in [2.75, 3.05) is 13.7 Å². The molecule has 3 aliphatic rings. The van der Waals surface area contributed by atoms with E-state index in [-0.39, 0.29) is 24.2 Å². The molecule has 186 valence electrons. The Morgan fingerprint density at radius 1 is 1.06 bits per heavy atom. The molecule has 4 N–H and O–H groups in total. The first-order valence-corrected chi connectivity index (χ1v) is 12.5. The minimum Gasteiger partial charge on any atom is -0.467 e. The lowest BCUT2D eigenvalue weighted by molar-refractivity contribution is -0.146. The van der Waals surface area contributed by atoms with Crippen molar-refractivity contribution in [1.29, 1.82) is 0 Å². The van der Waals surface area contributed by atoms with Crippen molar-refractivity contribution in [2.45, 2.75) is 62.9 Å². The second-order valence-corrected chi connectivity index (χ2v) is 10.1. The Bertz CT molecular complexity index is 1150. The van der Waals surface area contributed by atoms with E-state index in [4.69, 9.17) is 4.74 Å². The van der Waals surface area contributed by atoms with Crippen LogP contribution in [0.3, 0.4) is 0 Å². The fraction of sp³-hybridized carbons (Fsp3) is 0.538. The van der Waals surface area contributed by atoms with Gasteiger partial charge in [0.15, 0.2) is 0 Å². The van der Waals surface area contributed by atoms with Gasteiger partial charge < -0.3 is 25.7 Å². The molecule has 0 radical (unpaired) electrons. The lowest BCUT2D eigenvalue weighted by atomic mass is 9.97. The molecule has 3 fully saturated rings. The normalized spacial score (nSPS) is 21.3. The van der Waals surface area contributed by atoms with Crippen molar-refractivity contribution in [3.05, 3.63) is 35.5 Å². The molecule has 3 atom stereocenters. The number of ether oxygens (including phenoxy) is 1. The Morgan fingerprint density at radius 3 is 2.51 bits per heavy atom. The molecule has 2 unspecified atom stereocenters. The fourth-order valence-electron chi connectivity index (χ4n) is 4.99. The number of fused-ring (bicyclic) bond motifs is 1. The van der Waals surface area contributed by atoms with Crippen LogP contribution in [0.1, 0.15) is 66.9 Å². The van der Waals surface area contributed by atoms with Gasteiger partial charge in [-0.2, -0.15) is 0 Å². The highest BCUT2D eigenvalue weighted by molar-refractivity contribution is 6.01.